The smallest absolute Gasteiger partial charge is 0.332 e. The molecular weight excluding hydrogens is 511 g/mol. The maximum Gasteiger partial charge on any atom is 0.332 e. The van der Waals surface area contributed by atoms with Crippen molar-refractivity contribution in [1.29, 1.82) is 0 Å². The lowest BCUT2D eigenvalue weighted by atomic mass is 9.89. The monoisotopic (exact) mass is 534 g/mol. The molecule has 2 N–H and O–H groups in total. The molecule has 2 aliphatic rings. The third kappa shape index (κ3) is 3.70. The standard InChI is InChI=1S/C31H23FN4O4/c32-19-13-11-18(12-14-19)28-27-23(21-7-1-3-9-24(21)34-27)16-26-30(38)36(31(39)35(26)28)25-10-4-2-8-22(25)29(37)33-17-20-6-5-15-40-20/h1-15,26,28,34H,16-17H2,(H,33,37)/t26-,28-/m0/s1. The first-order valence-corrected chi connectivity index (χ1v) is 12.9. The van der Waals surface area contributed by atoms with Gasteiger partial charge in [0.1, 0.15) is 23.7 Å². The number of aromatic nitrogens is 1. The molecule has 2 aliphatic heterocycles. The zero-order valence-electron chi connectivity index (χ0n) is 21.1. The van der Waals surface area contributed by atoms with E-state index in [1.807, 2.05) is 24.3 Å². The Balaban J connectivity index is 1.30. The number of carbonyl (C=O) groups excluding carboxylic acids is 3. The molecule has 0 unspecified atom stereocenters. The van der Waals surface area contributed by atoms with Gasteiger partial charge in [-0.1, -0.05) is 42.5 Å². The van der Waals surface area contributed by atoms with Gasteiger partial charge in [-0.25, -0.2) is 14.1 Å². The Kier molecular flexibility index (Phi) is 5.52. The summed E-state index contributed by atoms with van der Waals surface area (Å²) in [4.78, 5) is 47.4. The lowest BCUT2D eigenvalue weighted by molar-refractivity contribution is -0.120. The molecule has 0 radical (unpaired) electrons. The Morgan fingerprint density at radius 1 is 0.975 bits per heavy atom. The van der Waals surface area contributed by atoms with Crippen molar-refractivity contribution in [3.8, 4) is 0 Å². The van der Waals surface area contributed by atoms with Gasteiger partial charge in [-0.3, -0.25) is 14.5 Å². The zero-order chi connectivity index (χ0) is 27.4. The number of aromatic amines is 1. The molecule has 0 bridgehead atoms. The minimum Gasteiger partial charge on any atom is -0.467 e. The number of H-pyrrole nitrogens is 1. The van der Waals surface area contributed by atoms with Crippen molar-refractivity contribution >= 4 is 34.4 Å². The predicted molar refractivity (Wildman–Crippen MR) is 145 cm³/mol. The van der Waals surface area contributed by atoms with Crippen molar-refractivity contribution < 1.29 is 23.2 Å². The van der Waals surface area contributed by atoms with E-state index < -0.39 is 35.7 Å². The second-order valence-corrected chi connectivity index (χ2v) is 9.88. The number of rotatable bonds is 5. The fourth-order valence-corrected chi connectivity index (χ4v) is 5.82. The van der Waals surface area contributed by atoms with Crippen LogP contribution in [0.25, 0.3) is 10.9 Å². The molecule has 9 heteroatoms. The molecule has 1 fully saturated rings. The molecule has 2 atom stereocenters. The van der Waals surface area contributed by atoms with Crippen LogP contribution in [0.1, 0.15) is 39.0 Å². The van der Waals surface area contributed by atoms with Gasteiger partial charge in [0.2, 0.25) is 0 Å². The van der Waals surface area contributed by atoms with Crippen molar-refractivity contribution in [3.05, 3.63) is 125 Å². The number of carbonyl (C=O) groups is 3. The Morgan fingerprint density at radius 3 is 2.55 bits per heavy atom. The summed E-state index contributed by atoms with van der Waals surface area (Å²) < 4.78 is 19.2. The second kappa shape index (κ2) is 9.23. The molecule has 0 saturated carbocycles. The SMILES string of the molecule is O=C(NCc1ccco1)c1ccccc1N1C(=O)[C@@H]2Cc3c([nH]c4ccccc34)[C@H](c3ccc(F)cc3)N2C1=O. The van der Waals surface area contributed by atoms with Crippen molar-refractivity contribution in [2.24, 2.45) is 0 Å². The summed E-state index contributed by atoms with van der Waals surface area (Å²) >= 11 is 0. The highest BCUT2D eigenvalue weighted by Gasteiger charge is 2.53. The zero-order valence-corrected chi connectivity index (χ0v) is 21.1. The molecule has 40 heavy (non-hydrogen) atoms. The van der Waals surface area contributed by atoms with E-state index in [4.69, 9.17) is 4.42 Å². The number of para-hydroxylation sites is 2. The molecule has 2 aromatic heterocycles. The summed E-state index contributed by atoms with van der Waals surface area (Å²) in [7, 11) is 0. The van der Waals surface area contributed by atoms with E-state index in [2.05, 4.69) is 10.3 Å². The Labute approximate surface area is 228 Å². The first kappa shape index (κ1) is 23.9. The summed E-state index contributed by atoms with van der Waals surface area (Å²) in [6, 6.07) is 21.8. The Hall–Kier alpha value is -5.18. The molecule has 1 saturated heterocycles. The topological polar surface area (TPSA) is 98.7 Å². The second-order valence-electron chi connectivity index (χ2n) is 9.88. The molecule has 4 heterocycles. The van der Waals surface area contributed by atoms with E-state index in [0.29, 0.717) is 17.7 Å². The van der Waals surface area contributed by atoms with Gasteiger partial charge < -0.3 is 14.7 Å². The van der Waals surface area contributed by atoms with Gasteiger partial charge >= 0.3 is 6.03 Å². The number of nitrogens with one attached hydrogen (secondary N) is 2. The number of anilines is 1. The van der Waals surface area contributed by atoms with Crippen molar-refractivity contribution in [2.45, 2.75) is 25.0 Å². The van der Waals surface area contributed by atoms with Crippen LogP contribution in [0, 0.1) is 5.82 Å². The van der Waals surface area contributed by atoms with Gasteiger partial charge in [0, 0.05) is 23.0 Å². The normalized spacial score (nSPS) is 18.2. The lowest BCUT2D eigenvalue weighted by Crippen LogP contribution is -2.44. The van der Waals surface area contributed by atoms with Gasteiger partial charge in [-0.2, -0.15) is 0 Å². The van der Waals surface area contributed by atoms with Crippen LogP contribution in [0.4, 0.5) is 14.9 Å². The maximum absolute atomic E-state index is 14.1. The van der Waals surface area contributed by atoms with Gasteiger partial charge in [0.15, 0.2) is 0 Å². The number of hydrogen-bond donors (Lipinski definition) is 2. The molecule has 0 aliphatic carbocycles. The first-order chi connectivity index (χ1) is 19.5. The molecule has 7 rings (SSSR count). The fourth-order valence-electron chi connectivity index (χ4n) is 5.82. The average molecular weight is 535 g/mol. The molecule has 0 spiro atoms. The predicted octanol–water partition coefficient (Wildman–Crippen LogP) is 5.31. The molecule has 8 nitrogen and oxygen atoms in total. The van der Waals surface area contributed by atoms with E-state index in [-0.39, 0.29) is 17.8 Å². The van der Waals surface area contributed by atoms with Gasteiger partial charge in [0.25, 0.3) is 11.8 Å². The van der Waals surface area contributed by atoms with Gasteiger partial charge in [-0.15, -0.1) is 0 Å². The molecule has 3 aromatic carbocycles. The number of benzene rings is 3. The highest BCUT2D eigenvalue weighted by molar-refractivity contribution is 6.24. The largest absolute Gasteiger partial charge is 0.467 e. The number of urea groups is 1. The van der Waals surface area contributed by atoms with Crippen LogP contribution < -0.4 is 10.2 Å². The minimum absolute atomic E-state index is 0.158. The quantitative estimate of drug-likeness (QED) is 0.299. The first-order valence-electron chi connectivity index (χ1n) is 12.9. The molecule has 4 amide bonds. The van der Waals surface area contributed by atoms with Crippen molar-refractivity contribution in [2.75, 3.05) is 4.90 Å². The number of fused-ring (bicyclic) bond motifs is 4. The number of amides is 4. The van der Waals surface area contributed by atoms with Crippen LogP contribution in [-0.2, 0) is 17.8 Å². The minimum atomic E-state index is -0.798. The Bertz CT molecular complexity index is 1780. The van der Waals surface area contributed by atoms with Gasteiger partial charge in [0.05, 0.1) is 24.1 Å². The lowest BCUT2D eigenvalue weighted by Gasteiger charge is -2.36. The summed E-state index contributed by atoms with van der Waals surface area (Å²) in [5.41, 5.74) is 3.70. The van der Waals surface area contributed by atoms with E-state index in [1.54, 1.807) is 53.4 Å². The summed E-state index contributed by atoms with van der Waals surface area (Å²) in [6.07, 6.45) is 1.83. The summed E-state index contributed by atoms with van der Waals surface area (Å²) in [5, 5.41) is 3.76. The highest BCUT2D eigenvalue weighted by atomic mass is 19.1. The highest BCUT2D eigenvalue weighted by Crippen LogP contribution is 2.45. The third-order valence-corrected chi connectivity index (χ3v) is 7.63. The van der Waals surface area contributed by atoms with Crippen LogP contribution in [0.2, 0.25) is 0 Å². The van der Waals surface area contributed by atoms with Crippen molar-refractivity contribution in [1.82, 2.24) is 15.2 Å². The van der Waals surface area contributed by atoms with Crippen LogP contribution >= 0.6 is 0 Å². The number of furan rings is 1. The molecule has 198 valence electrons. The number of hydrogen-bond acceptors (Lipinski definition) is 4. The number of imide groups is 1. The van der Waals surface area contributed by atoms with E-state index >= 15 is 0 Å². The molecular formula is C31H23FN4O4. The summed E-state index contributed by atoms with van der Waals surface area (Å²) in [6.45, 7) is 0.158. The van der Waals surface area contributed by atoms with Gasteiger partial charge in [-0.05, 0) is 53.6 Å². The average Bonchev–Trinajstić information content (AvgIpc) is 3.69. The number of nitrogens with zero attached hydrogens (tertiary/aromatic N) is 2. The number of halogens is 1. The van der Waals surface area contributed by atoms with E-state index in [0.717, 1.165) is 27.1 Å². The van der Waals surface area contributed by atoms with Crippen LogP contribution in [0.5, 0.6) is 0 Å². The van der Waals surface area contributed by atoms with Crippen LogP contribution in [0.3, 0.4) is 0 Å². The van der Waals surface area contributed by atoms with E-state index in [1.165, 1.54) is 18.4 Å². The maximum atomic E-state index is 14.1. The third-order valence-electron chi connectivity index (χ3n) is 7.63. The summed E-state index contributed by atoms with van der Waals surface area (Å²) in [5.74, 6) is -0.678. The van der Waals surface area contributed by atoms with Crippen LogP contribution in [0.15, 0.2) is 95.6 Å². The molecule has 5 aromatic rings. The van der Waals surface area contributed by atoms with Crippen LogP contribution in [-0.4, -0.2) is 33.8 Å². The van der Waals surface area contributed by atoms with E-state index in [9.17, 15) is 18.8 Å². The fraction of sp³-hybridized carbons (Fsp3) is 0.129. The van der Waals surface area contributed by atoms with Crippen molar-refractivity contribution in [3.63, 3.8) is 0 Å². The Morgan fingerprint density at radius 2 is 1.75 bits per heavy atom.